The van der Waals surface area contributed by atoms with Crippen LogP contribution < -0.4 is 5.48 Å². The van der Waals surface area contributed by atoms with E-state index in [4.69, 9.17) is 15.1 Å². The summed E-state index contributed by atoms with van der Waals surface area (Å²) < 4.78 is 6.79. The van der Waals surface area contributed by atoms with Crippen molar-refractivity contribution in [1.29, 1.82) is 0 Å². The van der Waals surface area contributed by atoms with E-state index in [2.05, 4.69) is 15.0 Å². The molecule has 1 aliphatic heterocycles. The summed E-state index contributed by atoms with van der Waals surface area (Å²) in [6.45, 7) is -0.417. The van der Waals surface area contributed by atoms with Crippen LogP contribution in [0.4, 0.5) is 5.82 Å². The lowest BCUT2D eigenvalue weighted by Gasteiger charge is -2.16. The molecule has 0 aliphatic carbocycles. The van der Waals surface area contributed by atoms with Crippen LogP contribution >= 0.6 is 0 Å². The minimum atomic E-state index is -1.23. The van der Waals surface area contributed by atoms with Gasteiger partial charge in [-0.3, -0.25) is 15.3 Å². The Morgan fingerprint density at radius 1 is 1.25 bits per heavy atom. The van der Waals surface area contributed by atoms with Crippen molar-refractivity contribution in [1.82, 2.24) is 19.5 Å². The van der Waals surface area contributed by atoms with E-state index in [1.54, 1.807) is 0 Å². The van der Waals surface area contributed by atoms with E-state index in [1.807, 2.05) is 5.48 Å². The highest BCUT2D eigenvalue weighted by molar-refractivity contribution is 5.82. The predicted octanol–water partition coefficient (Wildman–Crippen LogP) is -1.76. The van der Waals surface area contributed by atoms with E-state index >= 15 is 0 Å². The number of anilines is 1. The van der Waals surface area contributed by atoms with Crippen molar-refractivity contribution >= 4 is 17.0 Å². The molecule has 4 atom stereocenters. The number of rotatable bonds is 3. The van der Waals surface area contributed by atoms with Crippen LogP contribution in [0.3, 0.4) is 0 Å². The lowest BCUT2D eigenvalue weighted by molar-refractivity contribution is -0.0511. The maximum absolute atomic E-state index is 9.97. The summed E-state index contributed by atoms with van der Waals surface area (Å²) in [5.74, 6) is 0.112. The number of imidazole rings is 1. The van der Waals surface area contributed by atoms with Crippen LogP contribution in [0.2, 0.25) is 0 Å². The third kappa shape index (κ3) is 1.82. The van der Waals surface area contributed by atoms with Gasteiger partial charge in [0.25, 0.3) is 0 Å². The summed E-state index contributed by atoms with van der Waals surface area (Å²) in [7, 11) is 0. The molecule has 10 nitrogen and oxygen atoms in total. The van der Waals surface area contributed by atoms with Crippen LogP contribution in [0.1, 0.15) is 6.23 Å². The standard InChI is InChI=1S/C10H13N5O5/c16-1-4-6(17)7(18)10(20-4)15-3-13-5-8(14-19)11-2-12-9(5)15/h2-4,6-7,10,16-19H,1H2,(H,11,12,14)/t4-,6+,7+,10+/m0/s1. The molecule has 0 saturated carbocycles. The van der Waals surface area contributed by atoms with Gasteiger partial charge in [0.05, 0.1) is 12.9 Å². The largest absolute Gasteiger partial charge is 0.394 e. The fraction of sp³-hybridized carbons (Fsp3) is 0.500. The van der Waals surface area contributed by atoms with Gasteiger partial charge in [-0.25, -0.2) is 15.0 Å². The molecule has 0 bridgehead atoms. The van der Waals surface area contributed by atoms with Gasteiger partial charge in [0.1, 0.15) is 24.6 Å². The average molecular weight is 283 g/mol. The number of nitrogens with zero attached hydrogens (tertiary/aromatic N) is 4. The molecule has 0 radical (unpaired) electrons. The first-order valence-corrected chi connectivity index (χ1v) is 5.87. The number of fused-ring (bicyclic) bond motifs is 1. The van der Waals surface area contributed by atoms with Gasteiger partial charge < -0.3 is 20.1 Å². The number of hydrogen-bond donors (Lipinski definition) is 5. The SMILES string of the molecule is OC[C@@H]1O[C@@H](n2cnc3c(NO)ncnc32)[C@H](O)[C@@H]1O. The molecule has 1 aliphatic rings. The van der Waals surface area contributed by atoms with E-state index < -0.39 is 31.1 Å². The average Bonchev–Trinajstić information content (AvgIpc) is 3.01. The number of aliphatic hydroxyl groups excluding tert-OH is 3. The van der Waals surface area contributed by atoms with E-state index in [-0.39, 0.29) is 11.3 Å². The zero-order valence-electron chi connectivity index (χ0n) is 10.2. The molecule has 0 unspecified atom stereocenters. The van der Waals surface area contributed by atoms with Crippen molar-refractivity contribution in [3.05, 3.63) is 12.7 Å². The van der Waals surface area contributed by atoms with Crippen LogP contribution in [0, 0.1) is 0 Å². The Hall–Kier alpha value is -1.85. The van der Waals surface area contributed by atoms with Crippen molar-refractivity contribution < 1.29 is 25.3 Å². The van der Waals surface area contributed by atoms with Gasteiger partial charge in [-0.1, -0.05) is 0 Å². The topological polar surface area (TPSA) is 146 Å². The molecule has 0 spiro atoms. The predicted molar refractivity (Wildman–Crippen MR) is 63.7 cm³/mol. The summed E-state index contributed by atoms with van der Waals surface area (Å²) in [6, 6.07) is 0. The quantitative estimate of drug-likeness (QED) is 0.413. The van der Waals surface area contributed by atoms with Gasteiger partial charge in [0, 0.05) is 0 Å². The Bertz CT molecular complexity index is 619. The lowest BCUT2D eigenvalue weighted by Crippen LogP contribution is -2.33. The molecule has 3 heterocycles. The van der Waals surface area contributed by atoms with E-state index in [1.165, 1.54) is 17.2 Å². The smallest absolute Gasteiger partial charge is 0.181 e. The minimum Gasteiger partial charge on any atom is -0.394 e. The number of ether oxygens (including phenoxy) is 1. The Kier molecular flexibility index (Phi) is 3.23. The normalized spacial score (nSPS) is 30.0. The molecule has 20 heavy (non-hydrogen) atoms. The molecule has 3 rings (SSSR count). The third-order valence-corrected chi connectivity index (χ3v) is 3.26. The zero-order chi connectivity index (χ0) is 14.3. The Morgan fingerprint density at radius 3 is 2.70 bits per heavy atom. The van der Waals surface area contributed by atoms with Crippen molar-refractivity contribution in [2.75, 3.05) is 12.1 Å². The van der Waals surface area contributed by atoms with Gasteiger partial charge in [-0.05, 0) is 0 Å². The first-order valence-electron chi connectivity index (χ1n) is 5.87. The molecule has 2 aromatic rings. The molecule has 0 amide bonds. The van der Waals surface area contributed by atoms with Gasteiger partial charge in [-0.15, -0.1) is 0 Å². The summed E-state index contributed by atoms with van der Waals surface area (Å²) in [6.07, 6.45) is -1.70. The van der Waals surface area contributed by atoms with E-state index in [0.29, 0.717) is 5.65 Å². The first-order chi connectivity index (χ1) is 9.67. The summed E-state index contributed by atoms with van der Waals surface area (Å²) in [5.41, 5.74) is 2.49. The summed E-state index contributed by atoms with van der Waals surface area (Å²) in [5, 5.41) is 37.7. The Labute approximate surface area is 112 Å². The van der Waals surface area contributed by atoms with Crippen LogP contribution in [-0.2, 0) is 4.74 Å². The number of aromatic nitrogens is 4. The fourth-order valence-corrected chi connectivity index (χ4v) is 2.23. The van der Waals surface area contributed by atoms with Crippen molar-refractivity contribution in [3.63, 3.8) is 0 Å². The van der Waals surface area contributed by atoms with Crippen LogP contribution in [0.15, 0.2) is 12.7 Å². The fourth-order valence-electron chi connectivity index (χ4n) is 2.23. The molecule has 5 N–H and O–H groups in total. The highest BCUT2D eigenvalue weighted by Crippen LogP contribution is 2.31. The second kappa shape index (κ2) is 4.92. The number of hydrogen-bond acceptors (Lipinski definition) is 9. The molecular formula is C10H13N5O5. The lowest BCUT2D eigenvalue weighted by atomic mass is 10.1. The van der Waals surface area contributed by atoms with E-state index in [0.717, 1.165) is 0 Å². The number of nitrogens with one attached hydrogen (secondary N) is 1. The highest BCUT2D eigenvalue weighted by atomic mass is 16.6. The van der Waals surface area contributed by atoms with E-state index in [9.17, 15) is 10.2 Å². The molecular weight excluding hydrogens is 270 g/mol. The van der Waals surface area contributed by atoms with Crippen molar-refractivity contribution in [3.8, 4) is 0 Å². The van der Waals surface area contributed by atoms with Gasteiger partial charge in [0.15, 0.2) is 23.2 Å². The van der Waals surface area contributed by atoms with Gasteiger partial charge in [-0.2, -0.15) is 0 Å². The molecule has 0 aromatic carbocycles. The van der Waals surface area contributed by atoms with Crippen LogP contribution in [-0.4, -0.2) is 65.0 Å². The minimum absolute atomic E-state index is 0.112. The third-order valence-electron chi connectivity index (χ3n) is 3.26. The molecule has 1 fully saturated rings. The molecule has 10 heteroatoms. The Balaban J connectivity index is 2.03. The maximum atomic E-state index is 9.97. The maximum Gasteiger partial charge on any atom is 0.181 e. The van der Waals surface area contributed by atoms with Crippen LogP contribution in [0.25, 0.3) is 11.2 Å². The second-order valence-corrected chi connectivity index (χ2v) is 4.39. The first kappa shape index (κ1) is 13.1. The Morgan fingerprint density at radius 2 is 2.05 bits per heavy atom. The summed E-state index contributed by atoms with van der Waals surface area (Å²) >= 11 is 0. The van der Waals surface area contributed by atoms with Crippen molar-refractivity contribution in [2.45, 2.75) is 24.5 Å². The summed E-state index contributed by atoms with van der Waals surface area (Å²) in [4.78, 5) is 11.8. The number of aliphatic hydroxyl groups is 3. The van der Waals surface area contributed by atoms with Crippen LogP contribution in [0.5, 0.6) is 0 Å². The second-order valence-electron chi connectivity index (χ2n) is 4.39. The molecule has 2 aromatic heterocycles. The molecule has 1 saturated heterocycles. The monoisotopic (exact) mass is 283 g/mol. The highest BCUT2D eigenvalue weighted by Gasteiger charge is 2.43. The van der Waals surface area contributed by atoms with Crippen molar-refractivity contribution in [2.24, 2.45) is 0 Å². The van der Waals surface area contributed by atoms with Gasteiger partial charge >= 0.3 is 0 Å². The van der Waals surface area contributed by atoms with Gasteiger partial charge in [0.2, 0.25) is 0 Å². The molecule has 108 valence electrons. The zero-order valence-corrected chi connectivity index (χ0v) is 10.2.